The lowest BCUT2D eigenvalue weighted by atomic mass is 10.2. The van der Waals surface area contributed by atoms with Crippen LogP contribution in [0.3, 0.4) is 0 Å². The zero-order valence-electron chi connectivity index (χ0n) is 18.1. The van der Waals surface area contributed by atoms with E-state index in [9.17, 15) is 31.6 Å². The Kier molecular flexibility index (Phi) is 9.56. The van der Waals surface area contributed by atoms with Gasteiger partial charge in [0.2, 0.25) is 14.9 Å². The average molecular weight is 565 g/mol. The lowest BCUT2D eigenvalue weighted by Gasteiger charge is -2.10. The molecule has 8 nitrogen and oxygen atoms in total. The topological polar surface area (TPSA) is 125 Å². The molecule has 3 rings (SSSR count). The number of hydrogen-bond acceptors (Lipinski definition) is 6. The number of nitrogens with one attached hydrogen (secondary N) is 1. The van der Waals surface area contributed by atoms with Gasteiger partial charge < -0.3 is 15.1 Å². The maximum atomic E-state index is 12.6. The number of aryl methyl sites for hydroxylation is 1. The van der Waals surface area contributed by atoms with Gasteiger partial charge in [0.25, 0.3) is 0 Å². The van der Waals surface area contributed by atoms with Crippen molar-refractivity contribution >= 4 is 49.9 Å². The maximum absolute atomic E-state index is 12.6. The van der Waals surface area contributed by atoms with Crippen LogP contribution in [-0.4, -0.2) is 36.2 Å². The lowest BCUT2D eigenvalue weighted by Crippen LogP contribution is -2.17. The van der Waals surface area contributed by atoms with E-state index in [4.69, 9.17) is 28.3 Å². The maximum Gasteiger partial charge on any atom is 0.573 e. The van der Waals surface area contributed by atoms with Gasteiger partial charge >= 0.3 is 12.5 Å². The summed E-state index contributed by atoms with van der Waals surface area (Å²) in [6.45, 7) is 1.84. The number of carboxylic acid groups (broad SMARTS) is 1. The standard InChI is InChI=1S/C14H11Cl2NO3S.C8H6F3NO3/c1-9-5-7-10(8-6-9)21(19,20)14(17-18)13-11(15)3-2-4-12(13)16;9-8(10,11)15-6-3-1-5(2-4-6)12-7(13)14/h2-8,18H,1H3;1-4,12H,(H,13,14). The molecule has 0 aliphatic rings. The number of oxime groups is 1. The monoisotopic (exact) mass is 564 g/mol. The summed E-state index contributed by atoms with van der Waals surface area (Å²) in [5.74, 6) is -0.404. The van der Waals surface area contributed by atoms with E-state index in [1.54, 1.807) is 18.2 Å². The summed E-state index contributed by atoms with van der Waals surface area (Å²) in [4.78, 5) is 10.2. The molecule has 0 unspecified atom stereocenters. The molecule has 0 bridgehead atoms. The van der Waals surface area contributed by atoms with Crippen LogP contribution in [0.1, 0.15) is 11.1 Å². The molecule has 192 valence electrons. The molecule has 0 aliphatic heterocycles. The molecule has 3 aromatic carbocycles. The number of carbonyl (C=O) groups is 1. The first-order valence-electron chi connectivity index (χ1n) is 9.58. The van der Waals surface area contributed by atoms with Crippen LogP contribution in [0, 0.1) is 6.92 Å². The molecule has 0 aromatic heterocycles. The number of alkyl halides is 3. The van der Waals surface area contributed by atoms with Crippen molar-refractivity contribution in [3.63, 3.8) is 0 Å². The summed E-state index contributed by atoms with van der Waals surface area (Å²) < 4.78 is 63.9. The van der Waals surface area contributed by atoms with E-state index >= 15 is 0 Å². The van der Waals surface area contributed by atoms with Crippen LogP contribution in [0.4, 0.5) is 23.7 Å². The Morgan fingerprint density at radius 2 is 1.50 bits per heavy atom. The number of rotatable bonds is 4. The minimum atomic E-state index is -4.75. The van der Waals surface area contributed by atoms with Crippen molar-refractivity contribution in [2.24, 2.45) is 5.16 Å². The predicted molar refractivity (Wildman–Crippen MR) is 128 cm³/mol. The second-order valence-corrected chi connectivity index (χ2v) is 9.50. The molecule has 14 heteroatoms. The normalized spacial score (nSPS) is 11.8. The minimum Gasteiger partial charge on any atom is -0.465 e. The van der Waals surface area contributed by atoms with Crippen LogP contribution in [0.2, 0.25) is 10.0 Å². The quantitative estimate of drug-likeness (QED) is 0.142. The van der Waals surface area contributed by atoms with Gasteiger partial charge in [-0.05, 0) is 55.5 Å². The SMILES string of the molecule is Cc1ccc(S(=O)(=O)C(=NO)c2c(Cl)cccc2Cl)cc1.O=C(O)Nc1ccc(OC(F)(F)F)cc1. The molecule has 3 aromatic rings. The Balaban J connectivity index is 0.000000269. The highest BCUT2D eigenvalue weighted by molar-refractivity contribution is 8.07. The van der Waals surface area contributed by atoms with Crippen LogP contribution >= 0.6 is 23.2 Å². The molecule has 0 fully saturated rings. The number of ether oxygens (including phenoxy) is 1. The molecular formula is C22H17Cl2F3N2O6S. The predicted octanol–water partition coefficient (Wildman–Crippen LogP) is 6.59. The first-order chi connectivity index (χ1) is 16.7. The van der Waals surface area contributed by atoms with Gasteiger partial charge in [-0.15, -0.1) is 13.2 Å². The smallest absolute Gasteiger partial charge is 0.465 e. The number of hydrogen-bond donors (Lipinski definition) is 3. The number of nitrogens with zero attached hydrogens (tertiary/aromatic N) is 1. The molecule has 0 saturated heterocycles. The third-order valence-corrected chi connectivity index (χ3v) is 6.51. The minimum absolute atomic E-state index is 0.00288. The average Bonchev–Trinajstić information content (AvgIpc) is 2.77. The molecular weight excluding hydrogens is 548 g/mol. The van der Waals surface area contributed by atoms with Crippen LogP contribution in [0.5, 0.6) is 5.75 Å². The second kappa shape index (κ2) is 12.0. The summed E-state index contributed by atoms with van der Waals surface area (Å²) in [6, 6.07) is 15.0. The van der Waals surface area contributed by atoms with Crippen molar-refractivity contribution < 1.29 is 41.4 Å². The number of benzene rings is 3. The Bertz CT molecular complexity index is 1330. The molecule has 0 atom stereocenters. The fourth-order valence-corrected chi connectivity index (χ4v) is 4.63. The summed E-state index contributed by atoms with van der Waals surface area (Å²) in [5.41, 5.74) is 1.05. The van der Waals surface area contributed by atoms with E-state index in [2.05, 4.69) is 9.89 Å². The van der Waals surface area contributed by atoms with Crippen molar-refractivity contribution in [2.75, 3.05) is 5.32 Å². The highest BCUT2D eigenvalue weighted by Crippen LogP contribution is 2.29. The molecule has 0 saturated carbocycles. The first-order valence-corrected chi connectivity index (χ1v) is 11.8. The zero-order valence-corrected chi connectivity index (χ0v) is 20.5. The van der Waals surface area contributed by atoms with E-state index in [0.29, 0.717) is 0 Å². The highest BCUT2D eigenvalue weighted by atomic mass is 35.5. The van der Waals surface area contributed by atoms with E-state index in [-0.39, 0.29) is 26.2 Å². The fourth-order valence-electron chi connectivity index (χ4n) is 2.63. The summed E-state index contributed by atoms with van der Waals surface area (Å²) in [7, 11) is -4.03. The fraction of sp³-hybridized carbons (Fsp3) is 0.0909. The van der Waals surface area contributed by atoms with Gasteiger partial charge in [0, 0.05) is 5.69 Å². The molecule has 1 amide bonds. The van der Waals surface area contributed by atoms with E-state index < -0.39 is 33.1 Å². The van der Waals surface area contributed by atoms with Crippen LogP contribution < -0.4 is 10.1 Å². The van der Waals surface area contributed by atoms with Crippen LogP contribution in [0.25, 0.3) is 0 Å². The van der Waals surface area contributed by atoms with Gasteiger partial charge in [-0.25, -0.2) is 13.2 Å². The van der Waals surface area contributed by atoms with Gasteiger partial charge in [-0.1, -0.05) is 52.1 Å². The van der Waals surface area contributed by atoms with Gasteiger partial charge in [0.15, 0.2) is 0 Å². The Labute approximate surface area is 213 Å². The van der Waals surface area contributed by atoms with Crippen molar-refractivity contribution in [3.05, 3.63) is 87.9 Å². The summed E-state index contributed by atoms with van der Waals surface area (Å²) in [5, 5.41) is 22.0. The van der Waals surface area contributed by atoms with Gasteiger partial charge in [0.05, 0.1) is 20.5 Å². The molecule has 0 heterocycles. The Hall–Kier alpha value is -3.48. The number of anilines is 1. The number of halogens is 5. The third-order valence-electron chi connectivity index (χ3n) is 4.19. The number of amides is 1. The zero-order chi connectivity index (χ0) is 27.1. The Morgan fingerprint density at radius 1 is 0.972 bits per heavy atom. The van der Waals surface area contributed by atoms with Gasteiger partial charge in [-0.3, -0.25) is 5.32 Å². The highest BCUT2D eigenvalue weighted by Gasteiger charge is 2.31. The van der Waals surface area contributed by atoms with E-state index in [1.807, 2.05) is 12.2 Å². The van der Waals surface area contributed by atoms with E-state index in [1.165, 1.54) is 24.3 Å². The first kappa shape index (κ1) is 28.8. The number of sulfone groups is 1. The molecule has 0 aliphatic carbocycles. The lowest BCUT2D eigenvalue weighted by molar-refractivity contribution is -0.274. The third kappa shape index (κ3) is 8.04. The largest absolute Gasteiger partial charge is 0.573 e. The summed E-state index contributed by atoms with van der Waals surface area (Å²) >= 11 is 12.0. The van der Waals surface area contributed by atoms with Crippen molar-refractivity contribution in [2.45, 2.75) is 18.2 Å². The van der Waals surface area contributed by atoms with Crippen LogP contribution in [0.15, 0.2) is 76.8 Å². The molecule has 36 heavy (non-hydrogen) atoms. The molecule has 3 N–H and O–H groups in total. The van der Waals surface area contributed by atoms with Crippen molar-refractivity contribution in [3.8, 4) is 5.75 Å². The summed E-state index contributed by atoms with van der Waals surface area (Å²) in [6.07, 6.45) is -6.04. The van der Waals surface area contributed by atoms with Crippen molar-refractivity contribution in [1.82, 2.24) is 0 Å². The van der Waals surface area contributed by atoms with E-state index in [0.717, 1.165) is 29.8 Å². The van der Waals surface area contributed by atoms with Crippen molar-refractivity contribution in [1.29, 1.82) is 0 Å². The Morgan fingerprint density at radius 3 is 1.94 bits per heavy atom. The second-order valence-electron chi connectivity index (χ2n) is 6.82. The molecule has 0 radical (unpaired) electrons. The van der Waals surface area contributed by atoms with Crippen LogP contribution in [-0.2, 0) is 9.84 Å². The van der Waals surface area contributed by atoms with Gasteiger partial charge in [-0.2, -0.15) is 0 Å². The van der Waals surface area contributed by atoms with Gasteiger partial charge in [0.1, 0.15) is 5.75 Å². The molecule has 0 spiro atoms.